The normalized spacial score (nSPS) is 12.6. The third kappa shape index (κ3) is 6.53. The van der Waals surface area contributed by atoms with Crippen LogP contribution in [-0.2, 0) is 6.54 Å². The second-order valence-electron chi connectivity index (χ2n) is 7.39. The van der Waals surface area contributed by atoms with Crippen LogP contribution in [0.15, 0.2) is 12.4 Å². The molecule has 0 spiro atoms. The largest absolute Gasteiger partial charge is 0.358 e. The molecule has 0 aromatic carbocycles. The molecule has 0 amide bonds. The third-order valence-electron chi connectivity index (χ3n) is 2.57. The van der Waals surface area contributed by atoms with Gasteiger partial charge in [0.05, 0.1) is 11.9 Å². The van der Waals surface area contributed by atoms with E-state index in [1.807, 2.05) is 12.4 Å². The maximum Gasteiger partial charge on any atom is 0.147 e. The SMILES string of the molecule is CN(CC(C)(C)C)c1cncc(CNC(C)(C)C)n1. The van der Waals surface area contributed by atoms with Gasteiger partial charge in [-0.3, -0.25) is 4.98 Å². The molecule has 4 heteroatoms. The van der Waals surface area contributed by atoms with Crippen molar-refractivity contribution in [1.29, 1.82) is 0 Å². The fourth-order valence-corrected chi connectivity index (χ4v) is 1.81. The Labute approximate surface area is 117 Å². The van der Waals surface area contributed by atoms with Crippen LogP contribution in [0.4, 0.5) is 5.82 Å². The molecule has 0 aliphatic heterocycles. The van der Waals surface area contributed by atoms with Crippen LogP contribution in [0.1, 0.15) is 47.2 Å². The summed E-state index contributed by atoms with van der Waals surface area (Å²) in [5, 5.41) is 3.43. The maximum atomic E-state index is 4.66. The Kier molecular flexibility index (Phi) is 4.91. The lowest BCUT2D eigenvalue weighted by Crippen LogP contribution is -2.35. The molecule has 0 saturated heterocycles. The monoisotopic (exact) mass is 264 g/mol. The fraction of sp³-hybridized carbons (Fsp3) is 0.733. The first-order valence-corrected chi connectivity index (χ1v) is 6.84. The van der Waals surface area contributed by atoms with Gasteiger partial charge >= 0.3 is 0 Å². The first-order valence-electron chi connectivity index (χ1n) is 6.84. The van der Waals surface area contributed by atoms with E-state index in [1.54, 1.807) is 0 Å². The highest BCUT2D eigenvalue weighted by atomic mass is 15.2. The van der Waals surface area contributed by atoms with Crippen LogP contribution < -0.4 is 10.2 Å². The highest BCUT2D eigenvalue weighted by Gasteiger charge is 2.15. The lowest BCUT2D eigenvalue weighted by molar-refractivity contribution is 0.415. The minimum Gasteiger partial charge on any atom is -0.358 e. The number of hydrogen-bond donors (Lipinski definition) is 1. The molecule has 1 heterocycles. The van der Waals surface area contributed by atoms with Crippen molar-refractivity contribution in [1.82, 2.24) is 15.3 Å². The van der Waals surface area contributed by atoms with Gasteiger partial charge in [0.25, 0.3) is 0 Å². The van der Waals surface area contributed by atoms with Crippen LogP contribution in [-0.4, -0.2) is 29.1 Å². The number of hydrogen-bond acceptors (Lipinski definition) is 4. The van der Waals surface area contributed by atoms with E-state index in [-0.39, 0.29) is 11.0 Å². The quantitative estimate of drug-likeness (QED) is 0.908. The van der Waals surface area contributed by atoms with Crippen LogP contribution >= 0.6 is 0 Å². The number of nitrogens with one attached hydrogen (secondary N) is 1. The van der Waals surface area contributed by atoms with Gasteiger partial charge < -0.3 is 10.2 Å². The van der Waals surface area contributed by atoms with Gasteiger partial charge in [-0.25, -0.2) is 4.98 Å². The van der Waals surface area contributed by atoms with Gasteiger partial charge in [-0.2, -0.15) is 0 Å². The molecule has 0 fully saturated rings. The number of anilines is 1. The summed E-state index contributed by atoms with van der Waals surface area (Å²) in [6.07, 6.45) is 3.65. The van der Waals surface area contributed by atoms with Crippen molar-refractivity contribution in [2.45, 2.75) is 53.6 Å². The summed E-state index contributed by atoms with van der Waals surface area (Å²) < 4.78 is 0. The van der Waals surface area contributed by atoms with E-state index < -0.39 is 0 Å². The Balaban J connectivity index is 2.71. The molecule has 0 radical (unpaired) electrons. The molecular weight excluding hydrogens is 236 g/mol. The van der Waals surface area contributed by atoms with E-state index in [0.717, 1.165) is 24.6 Å². The molecule has 0 saturated carbocycles. The molecule has 108 valence electrons. The number of rotatable bonds is 4. The van der Waals surface area contributed by atoms with Gasteiger partial charge in [0, 0.05) is 31.9 Å². The molecular formula is C15H28N4. The first-order chi connectivity index (χ1) is 8.57. The van der Waals surface area contributed by atoms with Gasteiger partial charge in [-0.1, -0.05) is 20.8 Å². The summed E-state index contributed by atoms with van der Waals surface area (Å²) in [7, 11) is 2.07. The minimum atomic E-state index is 0.0923. The summed E-state index contributed by atoms with van der Waals surface area (Å²) in [5.41, 5.74) is 1.32. The van der Waals surface area contributed by atoms with Crippen molar-refractivity contribution in [3.63, 3.8) is 0 Å². The molecule has 19 heavy (non-hydrogen) atoms. The lowest BCUT2D eigenvalue weighted by atomic mass is 9.96. The van der Waals surface area contributed by atoms with E-state index in [1.165, 1.54) is 0 Å². The third-order valence-corrected chi connectivity index (χ3v) is 2.57. The zero-order valence-corrected chi connectivity index (χ0v) is 13.4. The Morgan fingerprint density at radius 1 is 1.11 bits per heavy atom. The summed E-state index contributed by atoms with van der Waals surface area (Å²) in [4.78, 5) is 11.1. The van der Waals surface area contributed by atoms with Crippen molar-refractivity contribution in [2.24, 2.45) is 5.41 Å². The number of aromatic nitrogens is 2. The van der Waals surface area contributed by atoms with Gasteiger partial charge in [-0.05, 0) is 26.2 Å². The van der Waals surface area contributed by atoms with E-state index in [9.17, 15) is 0 Å². The highest BCUT2D eigenvalue weighted by Crippen LogP contribution is 2.18. The Bertz CT molecular complexity index is 401. The smallest absolute Gasteiger partial charge is 0.147 e. The van der Waals surface area contributed by atoms with Crippen LogP contribution in [0, 0.1) is 5.41 Å². The van der Waals surface area contributed by atoms with Crippen molar-refractivity contribution in [3.8, 4) is 0 Å². The summed E-state index contributed by atoms with van der Waals surface area (Å²) in [5.74, 6) is 0.933. The Morgan fingerprint density at radius 3 is 2.26 bits per heavy atom. The summed E-state index contributed by atoms with van der Waals surface area (Å²) in [6, 6.07) is 0. The van der Waals surface area contributed by atoms with E-state index >= 15 is 0 Å². The molecule has 1 aromatic heterocycles. The van der Waals surface area contributed by atoms with E-state index in [0.29, 0.717) is 0 Å². The average Bonchev–Trinajstić information content (AvgIpc) is 2.23. The highest BCUT2D eigenvalue weighted by molar-refractivity contribution is 5.35. The number of nitrogens with zero attached hydrogens (tertiary/aromatic N) is 3. The Hall–Kier alpha value is -1.16. The second-order valence-corrected chi connectivity index (χ2v) is 7.39. The molecule has 4 nitrogen and oxygen atoms in total. The molecule has 1 aromatic rings. The first kappa shape index (κ1) is 15.9. The lowest BCUT2D eigenvalue weighted by Gasteiger charge is -2.27. The second kappa shape index (κ2) is 5.87. The van der Waals surface area contributed by atoms with E-state index in [4.69, 9.17) is 0 Å². The molecule has 1 N–H and O–H groups in total. The molecule has 1 rings (SSSR count). The molecule has 0 atom stereocenters. The van der Waals surface area contributed by atoms with Crippen molar-refractivity contribution in [3.05, 3.63) is 18.1 Å². The average molecular weight is 264 g/mol. The van der Waals surface area contributed by atoms with Crippen LogP contribution in [0.25, 0.3) is 0 Å². The van der Waals surface area contributed by atoms with Crippen LogP contribution in [0.2, 0.25) is 0 Å². The van der Waals surface area contributed by atoms with Crippen molar-refractivity contribution in [2.75, 3.05) is 18.5 Å². The van der Waals surface area contributed by atoms with Gasteiger partial charge in [-0.15, -0.1) is 0 Å². The predicted molar refractivity (Wildman–Crippen MR) is 81.3 cm³/mol. The molecule has 0 aliphatic rings. The molecule has 0 unspecified atom stereocenters. The Morgan fingerprint density at radius 2 is 1.74 bits per heavy atom. The zero-order valence-electron chi connectivity index (χ0n) is 13.4. The van der Waals surface area contributed by atoms with Gasteiger partial charge in [0.2, 0.25) is 0 Å². The minimum absolute atomic E-state index is 0.0923. The zero-order chi connectivity index (χ0) is 14.7. The maximum absolute atomic E-state index is 4.66. The fourth-order valence-electron chi connectivity index (χ4n) is 1.81. The van der Waals surface area contributed by atoms with Crippen LogP contribution in [0.3, 0.4) is 0 Å². The van der Waals surface area contributed by atoms with Gasteiger partial charge in [0.15, 0.2) is 0 Å². The summed E-state index contributed by atoms with van der Waals surface area (Å²) in [6.45, 7) is 14.8. The predicted octanol–water partition coefficient (Wildman–Crippen LogP) is 2.85. The molecule has 0 bridgehead atoms. The summed E-state index contributed by atoms with van der Waals surface area (Å²) >= 11 is 0. The van der Waals surface area contributed by atoms with Crippen LogP contribution in [0.5, 0.6) is 0 Å². The van der Waals surface area contributed by atoms with Crippen molar-refractivity contribution >= 4 is 5.82 Å². The van der Waals surface area contributed by atoms with Gasteiger partial charge in [0.1, 0.15) is 5.82 Å². The topological polar surface area (TPSA) is 41.1 Å². The molecule has 0 aliphatic carbocycles. The standard InChI is InChI=1S/C15H28N4/c1-14(2,3)11-19(7)13-10-16-8-12(18-13)9-17-15(4,5)6/h8,10,17H,9,11H2,1-7H3. The van der Waals surface area contributed by atoms with E-state index in [2.05, 4.69) is 68.8 Å². The van der Waals surface area contributed by atoms with Crippen molar-refractivity contribution < 1.29 is 0 Å².